The summed E-state index contributed by atoms with van der Waals surface area (Å²) in [4.78, 5) is 16.1. The van der Waals surface area contributed by atoms with Gasteiger partial charge in [0.1, 0.15) is 11.6 Å². The van der Waals surface area contributed by atoms with E-state index in [-0.39, 0.29) is 5.82 Å². The van der Waals surface area contributed by atoms with Crippen molar-refractivity contribution in [2.24, 2.45) is 0 Å². The van der Waals surface area contributed by atoms with Crippen LogP contribution >= 0.6 is 0 Å². The first-order chi connectivity index (χ1) is 9.79. The molecule has 0 amide bonds. The number of benzene rings is 2. The highest BCUT2D eigenvalue weighted by molar-refractivity contribution is 5.83. The van der Waals surface area contributed by atoms with E-state index in [2.05, 4.69) is 19.9 Å². The van der Waals surface area contributed by atoms with Crippen LogP contribution in [0.4, 0.5) is 4.39 Å². The highest BCUT2D eigenvalue weighted by Gasteiger charge is 2.07. The zero-order valence-electron chi connectivity index (χ0n) is 10.3. The second-order valence-corrected chi connectivity index (χ2v) is 4.51. The van der Waals surface area contributed by atoms with Gasteiger partial charge in [0.2, 0.25) is 0 Å². The quantitative estimate of drug-likeness (QED) is 0.574. The smallest absolute Gasteiger partial charge is 0.138 e. The summed E-state index contributed by atoms with van der Waals surface area (Å²) < 4.78 is 13.2. The zero-order valence-corrected chi connectivity index (χ0v) is 10.3. The molecule has 0 bridgehead atoms. The summed E-state index contributed by atoms with van der Waals surface area (Å²) in [5, 5.41) is 0. The average molecular weight is 264 g/mol. The number of H-pyrrole nitrogens is 1. The van der Waals surface area contributed by atoms with Crippen LogP contribution in [0.5, 0.6) is 0 Å². The number of nitrogens with one attached hydrogen (secondary N) is 1. The van der Waals surface area contributed by atoms with Gasteiger partial charge < -0.3 is 4.98 Å². The maximum absolute atomic E-state index is 13.2. The fourth-order valence-corrected chi connectivity index (χ4v) is 2.23. The molecule has 5 heteroatoms. The number of aromatic amines is 1. The van der Waals surface area contributed by atoms with Crippen molar-refractivity contribution in [3.63, 3.8) is 0 Å². The summed E-state index contributed by atoms with van der Waals surface area (Å²) in [7, 11) is 0. The molecule has 0 fully saturated rings. The van der Waals surface area contributed by atoms with Crippen LogP contribution in [0, 0.1) is 5.82 Å². The Bertz CT molecular complexity index is 929. The van der Waals surface area contributed by atoms with Gasteiger partial charge in [-0.3, -0.25) is 9.97 Å². The maximum atomic E-state index is 13.2. The Kier molecular flexibility index (Phi) is 2.26. The lowest BCUT2D eigenvalue weighted by Crippen LogP contribution is -1.85. The van der Waals surface area contributed by atoms with Crippen molar-refractivity contribution < 1.29 is 4.39 Å². The Balaban J connectivity index is 1.91. The molecule has 0 spiro atoms. The van der Waals surface area contributed by atoms with Gasteiger partial charge in [0.25, 0.3) is 0 Å². The standard InChI is InChI=1S/C15H9FN4/c16-10-2-4-12-14(8-10)20-15(19-12)9-1-3-11-13(7-9)18-6-5-17-11/h1-8H,(H,19,20). The molecular formula is C15H9FN4. The molecule has 0 aliphatic rings. The molecule has 2 heterocycles. The predicted octanol–water partition coefficient (Wildman–Crippen LogP) is 3.31. The molecule has 4 nitrogen and oxygen atoms in total. The van der Waals surface area contributed by atoms with E-state index in [1.54, 1.807) is 18.5 Å². The maximum Gasteiger partial charge on any atom is 0.138 e. The third kappa shape index (κ3) is 1.72. The third-order valence-corrected chi connectivity index (χ3v) is 3.19. The third-order valence-electron chi connectivity index (χ3n) is 3.19. The van der Waals surface area contributed by atoms with Gasteiger partial charge in [0, 0.05) is 18.0 Å². The molecule has 2 aromatic carbocycles. The van der Waals surface area contributed by atoms with E-state index in [0.717, 1.165) is 22.1 Å². The van der Waals surface area contributed by atoms with Crippen LogP contribution < -0.4 is 0 Å². The van der Waals surface area contributed by atoms with Crippen LogP contribution in [0.1, 0.15) is 0 Å². The molecular weight excluding hydrogens is 255 g/mol. The van der Waals surface area contributed by atoms with E-state index in [0.29, 0.717) is 11.3 Å². The van der Waals surface area contributed by atoms with Crippen LogP contribution in [0.3, 0.4) is 0 Å². The van der Waals surface area contributed by atoms with Gasteiger partial charge in [-0.2, -0.15) is 0 Å². The van der Waals surface area contributed by atoms with E-state index < -0.39 is 0 Å². The van der Waals surface area contributed by atoms with Gasteiger partial charge in [-0.05, 0) is 36.4 Å². The summed E-state index contributed by atoms with van der Waals surface area (Å²) in [6, 6.07) is 10.2. The molecule has 0 saturated carbocycles. The second-order valence-electron chi connectivity index (χ2n) is 4.51. The topological polar surface area (TPSA) is 54.5 Å². The van der Waals surface area contributed by atoms with Crippen molar-refractivity contribution in [3.05, 3.63) is 54.6 Å². The number of hydrogen-bond donors (Lipinski definition) is 1. The zero-order chi connectivity index (χ0) is 13.5. The fraction of sp³-hybridized carbons (Fsp3) is 0. The van der Waals surface area contributed by atoms with Crippen molar-refractivity contribution in [2.75, 3.05) is 0 Å². The van der Waals surface area contributed by atoms with Gasteiger partial charge in [-0.1, -0.05) is 0 Å². The summed E-state index contributed by atoms with van der Waals surface area (Å²) in [5.41, 5.74) is 3.95. The molecule has 0 radical (unpaired) electrons. The molecule has 4 rings (SSSR count). The minimum Gasteiger partial charge on any atom is -0.338 e. The van der Waals surface area contributed by atoms with Crippen LogP contribution in [-0.2, 0) is 0 Å². The summed E-state index contributed by atoms with van der Waals surface area (Å²) in [6.07, 6.45) is 3.31. The van der Waals surface area contributed by atoms with E-state index >= 15 is 0 Å². The number of imidazole rings is 1. The molecule has 0 atom stereocenters. The van der Waals surface area contributed by atoms with Gasteiger partial charge in [-0.25, -0.2) is 9.37 Å². The highest BCUT2D eigenvalue weighted by atomic mass is 19.1. The van der Waals surface area contributed by atoms with Crippen LogP contribution in [-0.4, -0.2) is 19.9 Å². The molecule has 2 aromatic heterocycles. The van der Waals surface area contributed by atoms with Gasteiger partial charge in [-0.15, -0.1) is 0 Å². The molecule has 0 saturated heterocycles. The largest absolute Gasteiger partial charge is 0.338 e. The first kappa shape index (κ1) is 11.0. The molecule has 20 heavy (non-hydrogen) atoms. The number of aromatic nitrogens is 4. The number of halogens is 1. The molecule has 0 aliphatic carbocycles. The lowest BCUT2D eigenvalue weighted by molar-refractivity contribution is 0.629. The van der Waals surface area contributed by atoms with Crippen molar-refractivity contribution in [3.8, 4) is 11.4 Å². The van der Waals surface area contributed by atoms with Crippen molar-refractivity contribution in [1.82, 2.24) is 19.9 Å². The van der Waals surface area contributed by atoms with E-state index in [9.17, 15) is 4.39 Å². The Hall–Kier alpha value is -2.82. The van der Waals surface area contributed by atoms with Crippen LogP contribution in [0.2, 0.25) is 0 Å². The monoisotopic (exact) mass is 264 g/mol. The highest BCUT2D eigenvalue weighted by Crippen LogP contribution is 2.23. The molecule has 4 aromatic rings. The second kappa shape index (κ2) is 4.09. The van der Waals surface area contributed by atoms with Crippen LogP contribution in [0.25, 0.3) is 33.5 Å². The Morgan fingerprint density at radius 1 is 0.850 bits per heavy atom. The molecule has 1 N–H and O–H groups in total. The van der Waals surface area contributed by atoms with E-state index in [1.165, 1.54) is 12.1 Å². The van der Waals surface area contributed by atoms with Crippen molar-refractivity contribution in [2.45, 2.75) is 0 Å². The number of nitrogens with zero attached hydrogens (tertiary/aromatic N) is 3. The fourth-order valence-electron chi connectivity index (χ4n) is 2.23. The van der Waals surface area contributed by atoms with Crippen molar-refractivity contribution in [1.29, 1.82) is 0 Å². The predicted molar refractivity (Wildman–Crippen MR) is 74.6 cm³/mol. The summed E-state index contributed by atoms with van der Waals surface area (Å²) in [6.45, 7) is 0. The van der Waals surface area contributed by atoms with Gasteiger partial charge in [0.05, 0.1) is 22.1 Å². The van der Waals surface area contributed by atoms with Crippen molar-refractivity contribution >= 4 is 22.1 Å². The van der Waals surface area contributed by atoms with Gasteiger partial charge in [0.15, 0.2) is 0 Å². The minimum absolute atomic E-state index is 0.280. The summed E-state index contributed by atoms with van der Waals surface area (Å²) >= 11 is 0. The van der Waals surface area contributed by atoms with E-state index in [4.69, 9.17) is 0 Å². The summed E-state index contributed by atoms with van der Waals surface area (Å²) in [5.74, 6) is 0.412. The van der Waals surface area contributed by atoms with E-state index in [1.807, 2.05) is 18.2 Å². The first-order valence-electron chi connectivity index (χ1n) is 6.16. The lowest BCUT2D eigenvalue weighted by atomic mass is 10.2. The first-order valence-corrected chi connectivity index (χ1v) is 6.16. The Labute approximate surface area is 113 Å². The van der Waals surface area contributed by atoms with Gasteiger partial charge >= 0.3 is 0 Å². The SMILES string of the molecule is Fc1ccc2nc(-c3ccc4nccnc4c3)[nH]c2c1. The Morgan fingerprint density at radius 3 is 2.55 bits per heavy atom. The molecule has 0 aliphatic heterocycles. The number of rotatable bonds is 1. The number of fused-ring (bicyclic) bond motifs is 2. The average Bonchev–Trinajstić information content (AvgIpc) is 2.89. The lowest BCUT2D eigenvalue weighted by Gasteiger charge is -1.99. The van der Waals surface area contributed by atoms with Crippen LogP contribution in [0.15, 0.2) is 48.8 Å². The molecule has 0 unspecified atom stereocenters. The molecule has 96 valence electrons. The Morgan fingerprint density at radius 2 is 1.65 bits per heavy atom. The number of hydrogen-bond acceptors (Lipinski definition) is 3. The normalized spacial score (nSPS) is 11.2. The minimum atomic E-state index is -0.280.